The van der Waals surface area contributed by atoms with Crippen LogP contribution in [0.25, 0.3) is 0 Å². The molecule has 1 amide bonds. The smallest absolute Gasteiger partial charge is 0.238 e. The topological polar surface area (TPSA) is 20.3 Å². The molecule has 1 aromatic carbocycles. The number of nitrogens with zero attached hydrogens (tertiary/aromatic N) is 1. The van der Waals surface area contributed by atoms with Crippen molar-refractivity contribution in [3.63, 3.8) is 0 Å². The molecular formula is C12H15Br2NO. The Morgan fingerprint density at radius 3 is 2.25 bits per heavy atom. The second kappa shape index (κ2) is 5.32. The fourth-order valence-corrected chi connectivity index (χ4v) is 1.96. The van der Waals surface area contributed by atoms with Crippen molar-refractivity contribution in [1.82, 2.24) is 4.90 Å². The highest BCUT2D eigenvalue weighted by molar-refractivity contribution is 9.10. The fourth-order valence-electron chi connectivity index (χ4n) is 1.39. The Bertz CT molecular complexity index is 368. The van der Waals surface area contributed by atoms with Crippen molar-refractivity contribution >= 4 is 37.8 Å². The van der Waals surface area contributed by atoms with Crippen LogP contribution in [0.5, 0.6) is 0 Å². The molecule has 16 heavy (non-hydrogen) atoms. The molecule has 4 heteroatoms. The molecule has 0 radical (unpaired) electrons. The van der Waals surface area contributed by atoms with E-state index < -0.39 is 4.32 Å². The second-order valence-corrected chi connectivity index (χ2v) is 7.16. The zero-order chi connectivity index (χ0) is 12.3. The first kappa shape index (κ1) is 13.7. The minimum Gasteiger partial charge on any atom is -0.340 e. The summed E-state index contributed by atoms with van der Waals surface area (Å²) in [6, 6.07) is 7.98. The normalized spacial score (nSPS) is 11.3. The van der Waals surface area contributed by atoms with Crippen LogP contribution in [0.4, 0.5) is 0 Å². The van der Waals surface area contributed by atoms with Gasteiger partial charge in [0, 0.05) is 18.1 Å². The van der Waals surface area contributed by atoms with Crippen LogP contribution in [0, 0.1) is 0 Å². The van der Waals surface area contributed by atoms with Gasteiger partial charge in [-0.2, -0.15) is 0 Å². The summed E-state index contributed by atoms with van der Waals surface area (Å²) in [5.41, 5.74) is 1.12. The number of benzene rings is 1. The van der Waals surface area contributed by atoms with Gasteiger partial charge in [0.05, 0.1) is 4.32 Å². The lowest BCUT2D eigenvalue weighted by Gasteiger charge is -2.24. The number of alkyl halides is 1. The van der Waals surface area contributed by atoms with E-state index in [9.17, 15) is 4.79 Å². The minimum atomic E-state index is -0.503. The third-order valence-electron chi connectivity index (χ3n) is 2.19. The molecule has 0 aromatic heterocycles. The summed E-state index contributed by atoms with van der Waals surface area (Å²) < 4.78 is 0.544. The van der Waals surface area contributed by atoms with Crippen molar-refractivity contribution in [2.75, 3.05) is 7.05 Å². The van der Waals surface area contributed by atoms with Crippen molar-refractivity contribution in [2.24, 2.45) is 0 Å². The lowest BCUT2D eigenvalue weighted by Crippen LogP contribution is -2.38. The summed E-state index contributed by atoms with van der Waals surface area (Å²) in [6.45, 7) is 4.34. The maximum Gasteiger partial charge on any atom is 0.238 e. The van der Waals surface area contributed by atoms with E-state index in [1.54, 1.807) is 4.90 Å². The van der Waals surface area contributed by atoms with Gasteiger partial charge in [0.15, 0.2) is 0 Å². The van der Waals surface area contributed by atoms with E-state index >= 15 is 0 Å². The lowest BCUT2D eigenvalue weighted by molar-refractivity contribution is -0.131. The predicted octanol–water partition coefficient (Wildman–Crippen LogP) is 3.58. The van der Waals surface area contributed by atoms with Crippen LogP contribution < -0.4 is 0 Å². The summed E-state index contributed by atoms with van der Waals surface area (Å²) in [5, 5.41) is 0. The van der Waals surface area contributed by atoms with Crippen LogP contribution in [0.2, 0.25) is 0 Å². The minimum absolute atomic E-state index is 0.0791. The Morgan fingerprint density at radius 2 is 1.81 bits per heavy atom. The fraction of sp³-hybridized carbons (Fsp3) is 0.417. The van der Waals surface area contributed by atoms with Gasteiger partial charge in [-0.15, -0.1) is 0 Å². The molecule has 0 atom stereocenters. The molecule has 0 saturated carbocycles. The summed E-state index contributed by atoms with van der Waals surface area (Å²) in [6.07, 6.45) is 0. The Kier molecular flexibility index (Phi) is 4.56. The van der Waals surface area contributed by atoms with Gasteiger partial charge in [-0.1, -0.05) is 44.0 Å². The van der Waals surface area contributed by atoms with Gasteiger partial charge >= 0.3 is 0 Å². The van der Waals surface area contributed by atoms with Gasteiger partial charge in [-0.25, -0.2) is 0 Å². The number of halogens is 2. The number of hydrogen-bond acceptors (Lipinski definition) is 1. The monoisotopic (exact) mass is 347 g/mol. The molecule has 0 aliphatic carbocycles. The number of amides is 1. The Labute approximate surface area is 113 Å². The number of carbonyl (C=O) groups is 1. The predicted molar refractivity (Wildman–Crippen MR) is 73.6 cm³/mol. The maximum absolute atomic E-state index is 11.9. The van der Waals surface area contributed by atoms with Gasteiger partial charge in [0.1, 0.15) is 0 Å². The summed E-state index contributed by atoms with van der Waals surface area (Å²) in [5.74, 6) is 0.0791. The van der Waals surface area contributed by atoms with Gasteiger partial charge in [0.25, 0.3) is 0 Å². The van der Waals surface area contributed by atoms with E-state index in [2.05, 4.69) is 31.9 Å². The SMILES string of the molecule is CN(Cc1ccc(Br)cc1)C(=O)C(C)(C)Br. The lowest BCUT2D eigenvalue weighted by atomic mass is 10.1. The molecule has 2 nitrogen and oxygen atoms in total. The zero-order valence-electron chi connectivity index (χ0n) is 9.63. The molecule has 0 aliphatic heterocycles. The van der Waals surface area contributed by atoms with E-state index in [1.807, 2.05) is 45.2 Å². The van der Waals surface area contributed by atoms with Gasteiger partial charge in [0.2, 0.25) is 5.91 Å². The Morgan fingerprint density at radius 1 is 1.31 bits per heavy atom. The highest BCUT2D eigenvalue weighted by Gasteiger charge is 2.26. The first-order valence-electron chi connectivity index (χ1n) is 4.99. The molecule has 0 spiro atoms. The van der Waals surface area contributed by atoms with Crippen LogP contribution in [0.1, 0.15) is 19.4 Å². The molecule has 0 fully saturated rings. The van der Waals surface area contributed by atoms with Crippen molar-refractivity contribution < 1.29 is 4.79 Å². The van der Waals surface area contributed by atoms with Gasteiger partial charge in [-0.05, 0) is 31.5 Å². The average Bonchev–Trinajstić information content (AvgIpc) is 2.19. The van der Waals surface area contributed by atoms with Crippen molar-refractivity contribution in [3.8, 4) is 0 Å². The van der Waals surface area contributed by atoms with Crippen LogP contribution in [-0.4, -0.2) is 22.2 Å². The first-order valence-corrected chi connectivity index (χ1v) is 6.58. The highest BCUT2D eigenvalue weighted by atomic mass is 79.9. The van der Waals surface area contributed by atoms with E-state index in [4.69, 9.17) is 0 Å². The molecule has 0 unspecified atom stereocenters. The number of carbonyl (C=O) groups excluding carboxylic acids is 1. The third-order valence-corrected chi connectivity index (χ3v) is 3.06. The molecule has 88 valence electrons. The van der Waals surface area contributed by atoms with Gasteiger partial charge in [-0.3, -0.25) is 4.79 Å². The highest BCUT2D eigenvalue weighted by Crippen LogP contribution is 2.20. The van der Waals surface area contributed by atoms with Crippen LogP contribution in [-0.2, 0) is 11.3 Å². The molecule has 0 N–H and O–H groups in total. The van der Waals surface area contributed by atoms with Crippen LogP contribution in [0.3, 0.4) is 0 Å². The molecule has 1 aromatic rings. The van der Waals surface area contributed by atoms with Crippen LogP contribution >= 0.6 is 31.9 Å². The number of rotatable bonds is 3. The summed E-state index contributed by atoms with van der Waals surface area (Å²) in [4.78, 5) is 13.6. The Balaban J connectivity index is 2.68. The summed E-state index contributed by atoms with van der Waals surface area (Å²) >= 11 is 6.76. The first-order chi connectivity index (χ1) is 7.30. The number of hydrogen-bond donors (Lipinski definition) is 0. The Hall–Kier alpha value is -0.350. The standard InChI is InChI=1S/C12H15Br2NO/c1-12(2,14)11(16)15(3)8-9-4-6-10(13)7-5-9/h4-7H,8H2,1-3H3. The van der Waals surface area contributed by atoms with E-state index in [0.717, 1.165) is 10.0 Å². The molecule has 1 rings (SSSR count). The van der Waals surface area contributed by atoms with Crippen molar-refractivity contribution in [3.05, 3.63) is 34.3 Å². The third kappa shape index (κ3) is 3.91. The van der Waals surface area contributed by atoms with Gasteiger partial charge < -0.3 is 4.90 Å². The van der Waals surface area contributed by atoms with Crippen molar-refractivity contribution in [2.45, 2.75) is 24.7 Å². The van der Waals surface area contributed by atoms with E-state index in [-0.39, 0.29) is 5.91 Å². The van der Waals surface area contributed by atoms with Crippen molar-refractivity contribution in [1.29, 1.82) is 0 Å². The van der Waals surface area contributed by atoms with E-state index in [1.165, 1.54) is 0 Å². The molecule has 0 heterocycles. The van der Waals surface area contributed by atoms with Crippen LogP contribution in [0.15, 0.2) is 28.7 Å². The second-order valence-electron chi connectivity index (χ2n) is 4.26. The van der Waals surface area contributed by atoms with E-state index in [0.29, 0.717) is 6.54 Å². The molecule has 0 saturated heterocycles. The zero-order valence-corrected chi connectivity index (χ0v) is 12.8. The largest absolute Gasteiger partial charge is 0.340 e. The molecule has 0 bridgehead atoms. The quantitative estimate of drug-likeness (QED) is 0.764. The summed E-state index contributed by atoms with van der Waals surface area (Å²) in [7, 11) is 1.81. The average molecular weight is 349 g/mol. The maximum atomic E-state index is 11.9. The molecular weight excluding hydrogens is 334 g/mol. The molecule has 0 aliphatic rings.